The quantitative estimate of drug-likeness (QED) is 0.0200. The Labute approximate surface area is 349 Å². The predicted molar refractivity (Wildman–Crippen MR) is 233 cm³/mol. The summed E-state index contributed by atoms with van der Waals surface area (Å²) in [5.74, 6) is -0.0943. The molecule has 0 unspecified atom stereocenters. The number of hydrogen-bond acceptors (Lipinski definition) is 10. The summed E-state index contributed by atoms with van der Waals surface area (Å²) in [6.07, 6.45) is 33.1. The van der Waals surface area contributed by atoms with Crippen LogP contribution in [0.15, 0.2) is 12.2 Å². The van der Waals surface area contributed by atoms with Crippen molar-refractivity contribution in [2.45, 2.75) is 206 Å². The molecule has 56 heavy (non-hydrogen) atoms. The minimum absolute atomic E-state index is 0.0797. The largest absolute Gasteiger partial charge is 0.505 e. The van der Waals surface area contributed by atoms with E-state index in [1.54, 1.807) is 7.11 Å². The van der Waals surface area contributed by atoms with Gasteiger partial charge in [-0.1, -0.05) is 183 Å². The minimum atomic E-state index is -1.30. The van der Waals surface area contributed by atoms with Crippen molar-refractivity contribution >= 4 is 45.6 Å². The van der Waals surface area contributed by atoms with E-state index in [0.717, 1.165) is 38.5 Å². The van der Waals surface area contributed by atoms with Crippen molar-refractivity contribution in [3.05, 3.63) is 12.2 Å². The predicted octanol–water partition coefficient (Wildman–Crippen LogP) is 12.2. The standard InChI is InChI=1S/C44H81NO9S2/c1-4-6-8-10-12-14-16-18-20-22-24-26-28-30-40(54-43(48)33-32-42(47)52-34-36-55-56-37-35-53-44(49)50)39(38-51-3)45-41(46)31-29-27-25-23-21-19-17-15-13-11-9-7-5-2/h28,30,39-40H,4-27,29,31-38H2,1-3H3,(H,45,46)(H,49,50)/b30-28+/t39-,40+/m0/s1. The van der Waals surface area contributed by atoms with Gasteiger partial charge in [0.25, 0.3) is 0 Å². The Morgan fingerprint density at radius 2 is 1.04 bits per heavy atom. The van der Waals surface area contributed by atoms with Crippen LogP contribution in [0.3, 0.4) is 0 Å². The van der Waals surface area contributed by atoms with E-state index >= 15 is 0 Å². The summed E-state index contributed by atoms with van der Waals surface area (Å²) in [7, 11) is 4.44. The average Bonchev–Trinajstić information content (AvgIpc) is 3.17. The van der Waals surface area contributed by atoms with Crippen LogP contribution in [0.4, 0.5) is 4.79 Å². The Bertz CT molecular complexity index is 969. The van der Waals surface area contributed by atoms with E-state index in [0.29, 0.717) is 17.9 Å². The highest BCUT2D eigenvalue weighted by molar-refractivity contribution is 8.76. The van der Waals surface area contributed by atoms with E-state index in [1.807, 2.05) is 12.2 Å². The summed E-state index contributed by atoms with van der Waals surface area (Å²) < 4.78 is 21.0. The smallest absolute Gasteiger partial charge is 0.465 e. The Morgan fingerprint density at radius 3 is 1.52 bits per heavy atom. The van der Waals surface area contributed by atoms with Gasteiger partial charge in [-0.25, -0.2) is 4.79 Å². The first-order valence-electron chi connectivity index (χ1n) is 22.2. The van der Waals surface area contributed by atoms with Crippen molar-refractivity contribution in [3.63, 3.8) is 0 Å². The zero-order valence-corrected chi connectivity index (χ0v) is 37.3. The molecule has 2 N–H and O–H groups in total. The first-order valence-corrected chi connectivity index (χ1v) is 24.7. The number of ether oxygens (including phenoxy) is 4. The van der Waals surface area contributed by atoms with Crippen molar-refractivity contribution in [3.8, 4) is 0 Å². The summed E-state index contributed by atoms with van der Waals surface area (Å²) in [5.41, 5.74) is 0. The van der Waals surface area contributed by atoms with Gasteiger partial charge >= 0.3 is 18.1 Å². The van der Waals surface area contributed by atoms with Crippen LogP contribution in [0.5, 0.6) is 0 Å². The molecule has 0 aromatic rings. The monoisotopic (exact) mass is 832 g/mol. The number of carboxylic acid groups (broad SMARTS) is 1. The molecular weight excluding hydrogens is 751 g/mol. The number of esters is 2. The number of rotatable bonds is 42. The highest BCUT2D eigenvalue weighted by Crippen LogP contribution is 2.20. The molecule has 0 saturated carbocycles. The molecule has 0 spiro atoms. The number of nitrogens with one attached hydrogen (secondary N) is 1. The van der Waals surface area contributed by atoms with Crippen LogP contribution < -0.4 is 5.32 Å². The van der Waals surface area contributed by atoms with Gasteiger partial charge in [-0.05, 0) is 25.3 Å². The fraction of sp³-hybridized carbons (Fsp3) is 0.864. The second-order valence-corrected chi connectivity index (χ2v) is 17.5. The van der Waals surface area contributed by atoms with Gasteiger partial charge in [0.2, 0.25) is 5.91 Å². The van der Waals surface area contributed by atoms with Gasteiger partial charge in [-0.15, -0.1) is 0 Å². The maximum absolute atomic E-state index is 13.0. The summed E-state index contributed by atoms with van der Waals surface area (Å²) in [6, 6.07) is -0.547. The molecule has 0 aliphatic heterocycles. The maximum Gasteiger partial charge on any atom is 0.505 e. The summed E-state index contributed by atoms with van der Waals surface area (Å²) in [6.45, 7) is 4.96. The van der Waals surface area contributed by atoms with Crippen LogP contribution >= 0.6 is 21.6 Å². The lowest BCUT2D eigenvalue weighted by atomic mass is 10.0. The van der Waals surface area contributed by atoms with Gasteiger partial charge in [-0.3, -0.25) is 14.4 Å². The number of unbranched alkanes of at least 4 members (excludes halogenated alkanes) is 23. The van der Waals surface area contributed by atoms with E-state index in [9.17, 15) is 19.2 Å². The third-order valence-electron chi connectivity index (χ3n) is 9.60. The second kappa shape index (κ2) is 42.7. The second-order valence-electron chi connectivity index (χ2n) is 14.8. The first-order chi connectivity index (χ1) is 27.3. The summed E-state index contributed by atoms with van der Waals surface area (Å²) in [4.78, 5) is 48.6. The van der Waals surface area contributed by atoms with Crippen LogP contribution in [0.25, 0.3) is 0 Å². The van der Waals surface area contributed by atoms with Crippen LogP contribution in [0.2, 0.25) is 0 Å². The normalized spacial score (nSPS) is 12.4. The number of allylic oxidation sites excluding steroid dienone is 1. The van der Waals surface area contributed by atoms with E-state index in [2.05, 4.69) is 23.9 Å². The molecule has 0 fully saturated rings. The Morgan fingerprint density at radius 1 is 0.589 bits per heavy atom. The molecule has 0 saturated heterocycles. The van der Waals surface area contributed by atoms with Gasteiger partial charge in [0.15, 0.2) is 0 Å². The van der Waals surface area contributed by atoms with Gasteiger partial charge in [0, 0.05) is 25.0 Å². The number of hydrogen-bond donors (Lipinski definition) is 2. The maximum atomic E-state index is 13.0. The van der Waals surface area contributed by atoms with Crippen LogP contribution in [0, 0.1) is 0 Å². The SMILES string of the molecule is CCCCCCCCCCCCC/C=C/[C@@H](OC(=O)CCC(=O)OCCSSCCOC(=O)O)[C@H](COC)NC(=O)CCCCCCCCCCCCCCC. The molecule has 0 aliphatic carbocycles. The molecule has 10 nitrogen and oxygen atoms in total. The molecule has 0 aromatic heterocycles. The summed E-state index contributed by atoms with van der Waals surface area (Å²) >= 11 is 0. The lowest BCUT2D eigenvalue weighted by molar-refractivity contribution is -0.153. The highest BCUT2D eigenvalue weighted by Gasteiger charge is 2.25. The molecule has 0 aromatic carbocycles. The van der Waals surface area contributed by atoms with Crippen molar-refractivity contribution in [1.82, 2.24) is 5.32 Å². The zero-order valence-electron chi connectivity index (χ0n) is 35.7. The summed E-state index contributed by atoms with van der Waals surface area (Å²) in [5, 5.41) is 11.6. The fourth-order valence-corrected chi connectivity index (χ4v) is 8.00. The van der Waals surface area contributed by atoms with Gasteiger partial charge in [0.05, 0.1) is 25.5 Å². The third kappa shape index (κ3) is 38.9. The van der Waals surface area contributed by atoms with E-state index in [1.165, 1.54) is 144 Å². The van der Waals surface area contributed by atoms with Crippen LogP contribution in [0.1, 0.15) is 194 Å². The van der Waals surface area contributed by atoms with E-state index < -0.39 is 30.2 Å². The van der Waals surface area contributed by atoms with Gasteiger partial charge < -0.3 is 29.4 Å². The number of amides is 1. The molecule has 0 rings (SSSR count). The van der Waals surface area contributed by atoms with Crippen molar-refractivity contribution < 1.29 is 43.2 Å². The Kier molecular flexibility index (Phi) is 41.2. The van der Waals surface area contributed by atoms with Crippen molar-refractivity contribution in [2.75, 3.05) is 38.4 Å². The topological polar surface area (TPSA) is 137 Å². The van der Waals surface area contributed by atoms with Gasteiger partial charge in [0.1, 0.15) is 19.3 Å². The Balaban J connectivity index is 4.77. The lowest BCUT2D eigenvalue weighted by Gasteiger charge is -2.25. The van der Waals surface area contributed by atoms with E-state index in [-0.39, 0.29) is 38.6 Å². The van der Waals surface area contributed by atoms with Crippen molar-refractivity contribution in [1.29, 1.82) is 0 Å². The molecule has 328 valence electrons. The molecule has 1 amide bonds. The molecular formula is C44H81NO9S2. The molecule has 12 heteroatoms. The van der Waals surface area contributed by atoms with Crippen LogP contribution in [-0.2, 0) is 33.3 Å². The number of carbonyl (C=O) groups excluding carboxylic acids is 3. The first kappa shape index (κ1) is 54.1. The lowest BCUT2D eigenvalue weighted by Crippen LogP contribution is -2.47. The molecule has 0 radical (unpaired) electrons. The van der Waals surface area contributed by atoms with Crippen LogP contribution in [-0.4, -0.2) is 79.7 Å². The number of methoxy groups -OCH3 is 1. The third-order valence-corrected chi connectivity index (χ3v) is 11.9. The number of carbonyl (C=O) groups is 4. The minimum Gasteiger partial charge on any atom is -0.465 e. The van der Waals surface area contributed by atoms with Crippen molar-refractivity contribution in [2.24, 2.45) is 0 Å². The average molecular weight is 832 g/mol. The highest BCUT2D eigenvalue weighted by atomic mass is 33.1. The van der Waals surface area contributed by atoms with E-state index in [4.69, 9.17) is 19.3 Å². The molecule has 0 aliphatic rings. The molecule has 0 bridgehead atoms. The van der Waals surface area contributed by atoms with Gasteiger partial charge in [-0.2, -0.15) is 0 Å². The molecule has 0 heterocycles. The zero-order chi connectivity index (χ0) is 41.2. The fourth-order valence-electron chi connectivity index (χ4n) is 6.35. The Hall–Kier alpha value is -1.92. The molecule has 2 atom stereocenters.